The number of carboxylic acids is 1. The summed E-state index contributed by atoms with van der Waals surface area (Å²) in [6, 6.07) is 1.54. The van der Waals surface area contributed by atoms with Gasteiger partial charge in [-0.3, -0.25) is 9.59 Å². The number of carbonyl (C=O) groups excluding carboxylic acids is 1. The lowest BCUT2D eigenvalue weighted by Gasteiger charge is -2.23. The molecule has 0 radical (unpaired) electrons. The lowest BCUT2D eigenvalue weighted by molar-refractivity contribution is -0.142. The number of hydrogen-bond donors (Lipinski definition) is 2. The molecule has 7 nitrogen and oxygen atoms in total. The number of pyridine rings is 1. The number of hydrogen-bond acceptors (Lipinski definition) is 4. The van der Waals surface area contributed by atoms with Crippen molar-refractivity contribution in [3.05, 3.63) is 23.5 Å². The first-order valence-electron chi connectivity index (χ1n) is 9.27. The van der Waals surface area contributed by atoms with Gasteiger partial charge in [-0.2, -0.15) is 5.10 Å². The average molecular weight is 358 g/mol. The fraction of sp³-hybridized carbons (Fsp3) is 0.579. The molecule has 1 aliphatic rings. The molecule has 26 heavy (non-hydrogen) atoms. The number of amides is 1. The van der Waals surface area contributed by atoms with Crippen LogP contribution in [0, 0.1) is 12.8 Å². The van der Waals surface area contributed by atoms with Gasteiger partial charge in [0.05, 0.1) is 23.1 Å². The zero-order valence-corrected chi connectivity index (χ0v) is 15.5. The van der Waals surface area contributed by atoms with Crippen LogP contribution in [0.2, 0.25) is 0 Å². The summed E-state index contributed by atoms with van der Waals surface area (Å²) in [5.74, 6) is -1.61. The SMILES string of the molecule is Cc1cc(C(=O)N[C@H]2CCCCC[C@H]2C(=O)O)c2cnn(C(C)C)c2n1. The first-order chi connectivity index (χ1) is 12.4. The van der Waals surface area contributed by atoms with Crippen LogP contribution in [0.15, 0.2) is 12.3 Å². The van der Waals surface area contributed by atoms with Crippen LogP contribution in [-0.4, -0.2) is 37.8 Å². The summed E-state index contributed by atoms with van der Waals surface area (Å²) in [6.45, 7) is 5.87. The zero-order chi connectivity index (χ0) is 18.8. The molecule has 140 valence electrons. The van der Waals surface area contributed by atoms with Crippen LogP contribution in [0.25, 0.3) is 11.0 Å². The van der Waals surface area contributed by atoms with E-state index < -0.39 is 11.9 Å². The molecule has 0 bridgehead atoms. The Morgan fingerprint density at radius 1 is 1.27 bits per heavy atom. The molecule has 0 unspecified atom stereocenters. The molecule has 7 heteroatoms. The Morgan fingerprint density at radius 2 is 2.00 bits per heavy atom. The van der Waals surface area contributed by atoms with Crippen LogP contribution in [-0.2, 0) is 4.79 Å². The van der Waals surface area contributed by atoms with E-state index in [9.17, 15) is 14.7 Å². The third-order valence-corrected chi connectivity index (χ3v) is 5.08. The minimum Gasteiger partial charge on any atom is -0.481 e. The van der Waals surface area contributed by atoms with Gasteiger partial charge in [0.1, 0.15) is 0 Å². The van der Waals surface area contributed by atoms with Crippen LogP contribution in [0.4, 0.5) is 0 Å². The van der Waals surface area contributed by atoms with Gasteiger partial charge in [-0.25, -0.2) is 9.67 Å². The number of fused-ring (bicyclic) bond motifs is 1. The maximum absolute atomic E-state index is 13.0. The molecule has 1 amide bonds. The number of carboxylic acid groups (broad SMARTS) is 1. The Hall–Kier alpha value is -2.44. The van der Waals surface area contributed by atoms with Crippen molar-refractivity contribution in [1.29, 1.82) is 0 Å². The topological polar surface area (TPSA) is 97.1 Å². The highest BCUT2D eigenvalue weighted by Crippen LogP contribution is 2.25. The number of rotatable bonds is 4. The molecular formula is C19H26N4O3. The Bertz CT molecular complexity index is 828. The highest BCUT2D eigenvalue weighted by molar-refractivity contribution is 6.05. The van der Waals surface area contributed by atoms with Crippen molar-refractivity contribution >= 4 is 22.9 Å². The summed E-state index contributed by atoms with van der Waals surface area (Å²) in [4.78, 5) is 29.1. The maximum atomic E-state index is 13.0. The molecule has 1 aliphatic carbocycles. The van der Waals surface area contributed by atoms with Crippen LogP contribution in [0.5, 0.6) is 0 Å². The molecule has 2 aromatic rings. The van der Waals surface area contributed by atoms with Crippen LogP contribution in [0.1, 0.15) is 68.0 Å². The molecule has 0 aliphatic heterocycles. The van der Waals surface area contributed by atoms with Crippen molar-refractivity contribution in [2.24, 2.45) is 5.92 Å². The Balaban J connectivity index is 1.93. The van der Waals surface area contributed by atoms with Gasteiger partial charge >= 0.3 is 5.97 Å². The smallest absolute Gasteiger partial charge is 0.308 e. The number of aryl methyl sites for hydroxylation is 1. The predicted molar refractivity (Wildman–Crippen MR) is 98.1 cm³/mol. The normalized spacial score (nSPS) is 20.9. The Labute approximate surface area is 152 Å². The molecule has 0 aromatic carbocycles. The number of nitrogens with one attached hydrogen (secondary N) is 1. The molecule has 2 aromatic heterocycles. The molecule has 2 atom stereocenters. The highest BCUT2D eigenvalue weighted by Gasteiger charge is 2.31. The highest BCUT2D eigenvalue weighted by atomic mass is 16.4. The van der Waals surface area contributed by atoms with E-state index in [0.717, 1.165) is 25.0 Å². The third-order valence-electron chi connectivity index (χ3n) is 5.08. The summed E-state index contributed by atoms with van der Waals surface area (Å²) < 4.78 is 1.80. The van der Waals surface area contributed by atoms with Gasteiger partial charge in [0, 0.05) is 17.8 Å². The van der Waals surface area contributed by atoms with Gasteiger partial charge in [0.2, 0.25) is 0 Å². The van der Waals surface area contributed by atoms with E-state index >= 15 is 0 Å². The van der Waals surface area contributed by atoms with Crippen molar-refractivity contribution in [2.75, 3.05) is 0 Å². The van der Waals surface area contributed by atoms with E-state index in [2.05, 4.69) is 15.4 Å². The number of nitrogens with zero attached hydrogens (tertiary/aromatic N) is 3. The molecule has 1 fully saturated rings. The average Bonchev–Trinajstić information content (AvgIpc) is 2.85. The molecule has 2 N–H and O–H groups in total. The number of aliphatic carboxylic acids is 1. The minimum absolute atomic E-state index is 0.135. The Morgan fingerprint density at radius 3 is 2.69 bits per heavy atom. The summed E-state index contributed by atoms with van der Waals surface area (Å²) in [7, 11) is 0. The Kier molecular flexibility index (Phi) is 5.25. The van der Waals surface area contributed by atoms with Crippen molar-refractivity contribution < 1.29 is 14.7 Å². The van der Waals surface area contributed by atoms with Gasteiger partial charge in [-0.15, -0.1) is 0 Å². The largest absolute Gasteiger partial charge is 0.481 e. The van der Waals surface area contributed by atoms with E-state index in [1.165, 1.54) is 0 Å². The fourth-order valence-corrected chi connectivity index (χ4v) is 3.73. The van der Waals surface area contributed by atoms with Crippen molar-refractivity contribution in [2.45, 2.75) is 65.0 Å². The number of aromatic nitrogens is 3. The molecule has 0 spiro atoms. The minimum atomic E-state index is -0.833. The molecule has 2 heterocycles. The second kappa shape index (κ2) is 7.43. The number of carbonyl (C=O) groups is 2. The van der Waals surface area contributed by atoms with Crippen molar-refractivity contribution in [1.82, 2.24) is 20.1 Å². The van der Waals surface area contributed by atoms with E-state index in [1.54, 1.807) is 16.9 Å². The molecule has 0 saturated heterocycles. The van der Waals surface area contributed by atoms with Crippen molar-refractivity contribution in [3.8, 4) is 0 Å². The van der Waals surface area contributed by atoms with Crippen molar-refractivity contribution in [3.63, 3.8) is 0 Å². The summed E-state index contributed by atoms with van der Waals surface area (Å²) in [5.41, 5.74) is 1.93. The first kappa shape index (κ1) is 18.4. The van der Waals surface area contributed by atoms with Crippen LogP contribution < -0.4 is 5.32 Å². The lowest BCUT2D eigenvalue weighted by atomic mass is 9.94. The van der Waals surface area contributed by atoms with Crippen LogP contribution >= 0.6 is 0 Å². The van der Waals surface area contributed by atoms with Crippen LogP contribution in [0.3, 0.4) is 0 Å². The van der Waals surface area contributed by atoms with Gasteiger partial charge in [0.25, 0.3) is 5.91 Å². The second-order valence-corrected chi connectivity index (χ2v) is 7.39. The summed E-state index contributed by atoms with van der Waals surface area (Å²) in [6.07, 6.45) is 5.81. The molecule has 3 rings (SSSR count). The van der Waals surface area contributed by atoms with E-state index in [-0.39, 0.29) is 18.0 Å². The van der Waals surface area contributed by atoms with Gasteiger partial charge in [-0.1, -0.05) is 19.3 Å². The third kappa shape index (κ3) is 3.57. The monoisotopic (exact) mass is 358 g/mol. The lowest BCUT2D eigenvalue weighted by Crippen LogP contribution is -2.42. The van der Waals surface area contributed by atoms with E-state index in [4.69, 9.17) is 0 Å². The van der Waals surface area contributed by atoms with Gasteiger partial charge < -0.3 is 10.4 Å². The second-order valence-electron chi connectivity index (χ2n) is 7.39. The first-order valence-corrected chi connectivity index (χ1v) is 9.27. The van der Waals surface area contributed by atoms with E-state index in [0.29, 0.717) is 29.4 Å². The van der Waals surface area contributed by atoms with E-state index in [1.807, 2.05) is 20.8 Å². The molecule has 1 saturated carbocycles. The summed E-state index contributed by atoms with van der Waals surface area (Å²) >= 11 is 0. The summed E-state index contributed by atoms with van der Waals surface area (Å²) in [5, 5.41) is 17.6. The van der Waals surface area contributed by atoms with Gasteiger partial charge in [-0.05, 0) is 39.7 Å². The zero-order valence-electron chi connectivity index (χ0n) is 15.5. The molecular weight excluding hydrogens is 332 g/mol. The predicted octanol–water partition coefficient (Wildman–Crippen LogP) is 3.08. The maximum Gasteiger partial charge on any atom is 0.308 e. The standard InChI is InChI=1S/C19H26N4O3/c1-11(2)23-17-15(10-20-23)14(9-12(3)21-17)18(24)22-16-8-6-4-5-7-13(16)19(25)26/h9-11,13,16H,4-8H2,1-3H3,(H,22,24)(H,25,26)/t13-,16+/m1/s1. The van der Waals surface area contributed by atoms with Gasteiger partial charge in [0.15, 0.2) is 5.65 Å². The quantitative estimate of drug-likeness (QED) is 0.819. The fourth-order valence-electron chi connectivity index (χ4n) is 3.73.